The molecule has 6 nitrogen and oxygen atoms in total. The first-order valence-electron chi connectivity index (χ1n) is 9.36. The van der Waals surface area contributed by atoms with Gasteiger partial charge in [-0.25, -0.2) is 9.37 Å². The van der Waals surface area contributed by atoms with Crippen LogP contribution >= 0.6 is 0 Å². The molecular weight excluding hydrogens is 359 g/mol. The minimum atomic E-state index is -0.443. The summed E-state index contributed by atoms with van der Waals surface area (Å²) in [5.41, 5.74) is 1.18. The predicted octanol–water partition coefficient (Wildman–Crippen LogP) is 3.60. The number of carbonyl (C=O) groups is 2. The Kier molecular flexibility index (Phi) is 4.81. The summed E-state index contributed by atoms with van der Waals surface area (Å²) in [6.07, 6.45) is 3.81. The van der Waals surface area contributed by atoms with E-state index in [1.165, 1.54) is 24.3 Å². The Morgan fingerprint density at radius 2 is 1.96 bits per heavy atom. The zero-order valence-corrected chi connectivity index (χ0v) is 15.6. The fourth-order valence-corrected chi connectivity index (χ4v) is 3.59. The fraction of sp³-hybridized carbons (Fsp3) is 0.286. The monoisotopic (exact) mass is 380 g/mol. The van der Waals surface area contributed by atoms with Gasteiger partial charge in [-0.1, -0.05) is 13.0 Å². The van der Waals surface area contributed by atoms with E-state index < -0.39 is 5.91 Å². The maximum absolute atomic E-state index is 13.1. The first-order valence-corrected chi connectivity index (χ1v) is 9.36. The summed E-state index contributed by atoms with van der Waals surface area (Å²) in [4.78, 5) is 32.0. The maximum atomic E-state index is 13.1. The largest absolute Gasteiger partial charge is 0.336 e. The van der Waals surface area contributed by atoms with Crippen LogP contribution in [0.2, 0.25) is 0 Å². The SMILES string of the molecule is CC1CCCN(C(=O)c2nc(C(=O)Nc3ccc(F)cc3)c3ccccn23)C1. The standard InChI is InChI=1S/C21H21FN4O2/c1-14-5-4-11-25(13-14)21(28)19-24-18(17-6-2-3-12-26(17)19)20(27)23-16-9-7-15(22)8-10-16/h2-3,6-10,12,14H,4-5,11,13H2,1H3,(H,23,27). The molecule has 0 spiro atoms. The predicted molar refractivity (Wildman–Crippen MR) is 104 cm³/mol. The summed E-state index contributed by atoms with van der Waals surface area (Å²) in [5.74, 6) is -0.317. The number of aromatic nitrogens is 2. The van der Waals surface area contributed by atoms with Crippen LogP contribution in [0, 0.1) is 11.7 Å². The molecule has 3 aromatic rings. The van der Waals surface area contributed by atoms with Crippen molar-refractivity contribution in [3.05, 3.63) is 66.0 Å². The lowest BCUT2D eigenvalue weighted by molar-refractivity contribution is 0.0670. The summed E-state index contributed by atoms with van der Waals surface area (Å²) >= 11 is 0. The van der Waals surface area contributed by atoms with E-state index in [-0.39, 0.29) is 23.2 Å². The van der Waals surface area contributed by atoms with E-state index in [1.807, 2.05) is 0 Å². The number of pyridine rings is 1. The van der Waals surface area contributed by atoms with Gasteiger partial charge in [-0.05, 0) is 55.2 Å². The van der Waals surface area contributed by atoms with Gasteiger partial charge in [0.25, 0.3) is 11.8 Å². The number of benzene rings is 1. The number of imidazole rings is 1. The molecule has 144 valence electrons. The molecule has 0 saturated carbocycles. The Hall–Kier alpha value is -3.22. The number of hydrogen-bond donors (Lipinski definition) is 1. The van der Waals surface area contributed by atoms with E-state index in [9.17, 15) is 14.0 Å². The molecule has 1 aromatic carbocycles. The highest BCUT2D eigenvalue weighted by Gasteiger charge is 2.27. The Morgan fingerprint density at radius 1 is 1.18 bits per heavy atom. The molecule has 1 aliphatic heterocycles. The number of fused-ring (bicyclic) bond motifs is 1. The molecular formula is C21H21FN4O2. The van der Waals surface area contributed by atoms with E-state index in [2.05, 4.69) is 17.2 Å². The Balaban J connectivity index is 1.67. The molecule has 0 bridgehead atoms. The van der Waals surface area contributed by atoms with Crippen LogP contribution in [0.5, 0.6) is 0 Å². The molecule has 3 heterocycles. The van der Waals surface area contributed by atoms with Crippen LogP contribution in [0.3, 0.4) is 0 Å². The lowest BCUT2D eigenvalue weighted by Gasteiger charge is -2.30. The van der Waals surface area contributed by atoms with Crippen LogP contribution in [-0.2, 0) is 0 Å². The van der Waals surface area contributed by atoms with Gasteiger partial charge in [0.1, 0.15) is 5.82 Å². The highest BCUT2D eigenvalue weighted by atomic mass is 19.1. The Morgan fingerprint density at radius 3 is 2.71 bits per heavy atom. The van der Waals surface area contributed by atoms with Gasteiger partial charge in [-0.15, -0.1) is 0 Å². The quantitative estimate of drug-likeness (QED) is 0.755. The molecule has 1 aliphatic rings. The molecule has 1 atom stereocenters. The highest BCUT2D eigenvalue weighted by Crippen LogP contribution is 2.21. The number of nitrogens with zero attached hydrogens (tertiary/aromatic N) is 3. The molecule has 2 aromatic heterocycles. The number of halogens is 1. The van der Waals surface area contributed by atoms with Gasteiger partial charge in [0, 0.05) is 25.0 Å². The second-order valence-corrected chi connectivity index (χ2v) is 7.20. The number of likely N-dealkylation sites (tertiary alicyclic amines) is 1. The van der Waals surface area contributed by atoms with Crippen molar-refractivity contribution in [2.24, 2.45) is 5.92 Å². The molecule has 1 N–H and O–H groups in total. The summed E-state index contributed by atoms with van der Waals surface area (Å²) in [6, 6.07) is 10.8. The van der Waals surface area contributed by atoms with Crippen LogP contribution in [-0.4, -0.2) is 39.2 Å². The fourth-order valence-electron chi connectivity index (χ4n) is 3.59. The van der Waals surface area contributed by atoms with Crippen LogP contribution in [0.1, 0.15) is 40.9 Å². The zero-order valence-electron chi connectivity index (χ0n) is 15.6. The van der Waals surface area contributed by atoms with E-state index in [4.69, 9.17) is 0 Å². The number of amides is 2. The third kappa shape index (κ3) is 3.47. The summed E-state index contributed by atoms with van der Waals surface area (Å²) < 4.78 is 14.7. The third-order valence-corrected chi connectivity index (χ3v) is 5.00. The van der Waals surface area contributed by atoms with E-state index in [0.29, 0.717) is 30.2 Å². The number of anilines is 1. The van der Waals surface area contributed by atoms with Gasteiger partial charge in [-0.3, -0.25) is 14.0 Å². The number of nitrogens with one attached hydrogen (secondary N) is 1. The van der Waals surface area contributed by atoms with Gasteiger partial charge in [0.2, 0.25) is 5.82 Å². The van der Waals surface area contributed by atoms with Crippen molar-refractivity contribution in [1.29, 1.82) is 0 Å². The zero-order chi connectivity index (χ0) is 19.7. The normalized spacial score (nSPS) is 16.9. The first kappa shape index (κ1) is 18.2. The van der Waals surface area contributed by atoms with E-state index in [1.54, 1.807) is 33.7 Å². The lowest BCUT2D eigenvalue weighted by atomic mass is 10.0. The van der Waals surface area contributed by atoms with Gasteiger partial charge in [0.15, 0.2) is 5.69 Å². The molecule has 7 heteroatoms. The van der Waals surface area contributed by atoms with Crippen molar-refractivity contribution in [2.75, 3.05) is 18.4 Å². The average Bonchev–Trinajstić information content (AvgIpc) is 3.09. The lowest BCUT2D eigenvalue weighted by Crippen LogP contribution is -2.39. The molecule has 0 aliphatic carbocycles. The van der Waals surface area contributed by atoms with Crippen LogP contribution in [0.25, 0.3) is 5.52 Å². The Bertz CT molecular complexity index is 1030. The minimum Gasteiger partial charge on any atom is -0.336 e. The topological polar surface area (TPSA) is 66.7 Å². The van der Waals surface area contributed by atoms with Gasteiger partial charge >= 0.3 is 0 Å². The molecule has 28 heavy (non-hydrogen) atoms. The second-order valence-electron chi connectivity index (χ2n) is 7.20. The molecule has 1 unspecified atom stereocenters. The smallest absolute Gasteiger partial charge is 0.290 e. The minimum absolute atomic E-state index is 0.165. The van der Waals surface area contributed by atoms with Crippen LogP contribution < -0.4 is 5.32 Å². The molecule has 4 rings (SSSR count). The summed E-state index contributed by atoms with van der Waals surface area (Å²) in [6.45, 7) is 3.52. The molecule has 1 saturated heterocycles. The van der Waals surface area contributed by atoms with Crippen molar-refractivity contribution < 1.29 is 14.0 Å². The van der Waals surface area contributed by atoms with Crippen molar-refractivity contribution in [3.8, 4) is 0 Å². The number of piperidine rings is 1. The van der Waals surface area contributed by atoms with Gasteiger partial charge in [-0.2, -0.15) is 0 Å². The van der Waals surface area contributed by atoms with Crippen LogP contribution in [0.4, 0.5) is 10.1 Å². The number of carbonyl (C=O) groups excluding carboxylic acids is 2. The van der Waals surface area contributed by atoms with Crippen molar-refractivity contribution >= 4 is 23.0 Å². The van der Waals surface area contributed by atoms with Gasteiger partial charge < -0.3 is 10.2 Å². The molecule has 0 radical (unpaired) electrons. The maximum Gasteiger partial charge on any atom is 0.290 e. The van der Waals surface area contributed by atoms with E-state index in [0.717, 1.165) is 12.8 Å². The van der Waals surface area contributed by atoms with Crippen molar-refractivity contribution in [2.45, 2.75) is 19.8 Å². The van der Waals surface area contributed by atoms with Crippen LogP contribution in [0.15, 0.2) is 48.7 Å². The molecule has 2 amide bonds. The van der Waals surface area contributed by atoms with Gasteiger partial charge in [0.05, 0.1) is 5.52 Å². The van der Waals surface area contributed by atoms with E-state index >= 15 is 0 Å². The second kappa shape index (κ2) is 7.42. The Labute approximate surface area is 162 Å². The first-order chi connectivity index (χ1) is 13.5. The third-order valence-electron chi connectivity index (χ3n) is 5.00. The average molecular weight is 380 g/mol. The van der Waals surface area contributed by atoms with Crippen molar-refractivity contribution in [3.63, 3.8) is 0 Å². The number of hydrogen-bond acceptors (Lipinski definition) is 3. The summed E-state index contributed by atoms with van der Waals surface area (Å²) in [7, 11) is 0. The highest BCUT2D eigenvalue weighted by molar-refractivity contribution is 6.08. The van der Waals surface area contributed by atoms with Crippen molar-refractivity contribution in [1.82, 2.24) is 14.3 Å². The molecule has 1 fully saturated rings. The number of rotatable bonds is 3. The summed E-state index contributed by atoms with van der Waals surface area (Å²) in [5, 5.41) is 2.71.